The quantitative estimate of drug-likeness (QED) is 0.695. The molecule has 0 radical (unpaired) electrons. The molecule has 0 spiro atoms. The van der Waals surface area contributed by atoms with Crippen LogP contribution >= 0.6 is 11.6 Å². The first kappa shape index (κ1) is 9.93. The van der Waals surface area contributed by atoms with Crippen LogP contribution in [0.3, 0.4) is 0 Å². The van der Waals surface area contributed by atoms with Crippen LogP contribution in [0.1, 0.15) is 10.4 Å². The van der Waals surface area contributed by atoms with Crippen LogP contribution in [0.25, 0.3) is 10.9 Å². The number of nitrogens with zero attached hydrogens (tertiary/aromatic N) is 1. The molecule has 1 heterocycles. The van der Waals surface area contributed by atoms with E-state index in [4.69, 9.17) is 11.6 Å². The van der Waals surface area contributed by atoms with Gasteiger partial charge in [-0.25, -0.2) is 4.79 Å². The summed E-state index contributed by atoms with van der Waals surface area (Å²) in [6.07, 6.45) is 1.63. The summed E-state index contributed by atoms with van der Waals surface area (Å²) in [5, 5.41) is 1.23. The first-order valence-corrected chi connectivity index (χ1v) is 4.73. The highest BCUT2D eigenvalue weighted by atomic mass is 35.5. The van der Waals surface area contributed by atoms with E-state index in [2.05, 4.69) is 9.72 Å². The van der Waals surface area contributed by atoms with Crippen molar-refractivity contribution in [1.29, 1.82) is 0 Å². The molecule has 1 aromatic heterocycles. The van der Waals surface area contributed by atoms with Gasteiger partial charge in [0, 0.05) is 11.6 Å². The van der Waals surface area contributed by atoms with Crippen LogP contribution in [-0.4, -0.2) is 18.1 Å². The Labute approximate surface area is 91.6 Å². The van der Waals surface area contributed by atoms with Crippen LogP contribution in [0, 0.1) is 0 Å². The van der Waals surface area contributed by atoms with Crippen LogP contribution in [0.15, 0.2) is 30.5 Å². The summed E-state index contributed by atoms with van der Waals surface area (Å²) in [4.78, 5) is 15.6. The van der Waals surface area contributed by atoms with Crippen molar-refractivity contribution in [3.63, 3.8) is 0 Å². The van der Waals surface area contributed by atoms with E-state index in [1.54, 1.807) is 30.5 Å². The second-order valence-corrected chi connectivity index (χ2v) is 3.39. The zero-order valence-electron chi connectivity index (χ0n) is 8.03. The highest BCUT2D eigenvalue weighted by Crippen LogP contribution is 2.24. The smallest absolute Gasteiger partial charge is 0.338 e. The first-order valence-electron chi connectivity index (χ1n) is 4.35. The molecule has 0 bridgehead atoms. The third-order valence-corrected chi connectivity index (χ3v) is 2.43. The van der Waals surface area contributed by atoms with Gasteiger partial charge in [0.25, 0.3) is 0 Å². The minimum absolute atomic E-state index is 0.385. The molecule has 4 heteroatoms. The Morgan fingerprint density at radius 2 is 2.20 bits per heavy atom. The van der Waals surface area contributed by atoms with Gasteiger partial charge >= 0.3 is 5.97 Å². The molecule has 0 amide bonds. The average Bonchev–Trinajstić information content (AvgIpc) is 2.29. The molecular weight excluding hydrogens is 214 g/mol. The summed E-state index contributed by atoms with van der Waals surface area (Å²) >= 11 is 5.96. The van der Waals surface area contributed by atoms with E-state index in [9.17, 15) is 4.79 Å². The van der Waals surface area contributed by atoms with Crippen molar-refractivity contribution in [2.24, 2.45) is 0 Å². The van der Waals surface area contributed by atoms with Gasteiger partial charge in [0.2, 0.25) is 0 Å². The Kier molecular flexibility index (Phi) is 2.56. The van der Waals surface area contributed by atoms with E-state index in [1.807, 2.05) is 0 Å². The summed E-state index contributed by atoms with van der Waals surface area (Å²) in [6, 6.07) is 6.83. The Hall–Kier alpha value is -1.61. The number of esters is 1. The number of pyridine rings is 1. The number of carbonyl (C=O) groups is 1. The fourth-order valence-corrected chi connectivity index (χ4v) is 1.64. The molecule has 3 nitrogen and oxygen atoms in total. The number of halogens is 1. The Morgan fingerprint density at radius 1 is 1.40 bits per heavy atom. The van der Waals surface area contributed by atoms with Gasteiger partial charge in [-0.05, 0) is 18.2 Å². The molecule has 76 valence electrons. The molecule has 1 aromatic carbocycles. The summed E-state index contributed by atoms with van der Waals surface area (Å²) in [7, 11) is 1.35. The summed E-state index contributed by atoms with van der Waals surface area (Å²) in [5.74, 6) is -0.385. The van der Waals surface area contributed by atoms with Gasteiger partial charge in [-0.15, -0.1) is 0 Å². The van der Waals surface area contributed by atoms with Gasteiger partial charge < -0.3 is 4.74 Å². The predicted molar refractivity (Wildman–Crippen MR) is 58.1 cm³/mol. The first-order chi connectivity index (χ1) is 7.24. The van der Waals surface area contributed by atoms with Gasteiger partial charge in [-0.1, -0.05) is 17.7 Å². The van der Waals surface area contributed by atoms with Gasteiger partial charge in [0.05, 0.1) is 23.2 Å². The lowest BCUT2D eigenvalue weighted by Gasteiger charge is -2.04. The number of hydrogen-bond donors (Lipinski definition) is 0. The monoisotopic (exact) mass is 221 g/mol. The maximum atomic E-state index is 11.4. The predicted octanol–water partition coefficient (Wildman–Crippen LogP) is 2.67. The standard InChI is InChI=1S/C11H8ClNO2/c1-15-11(14)8-4-5-9(12)10-7(8)3-2-6-13-10/h2-6H,1H3. The fourth-order valence-electron chi connectivity index (χ4n) is 1.43. The van der Waals surface area contributed by atoms with Crippen molar-refractivity contribution >= 4 is 28.5 Å². The molecule has 0 aliphatic rings. The van der Waals surface area contributed by atoms with Gasteiger partial charge in [0.15, 0.2) is 0 Å². The van der Waals surface area contributed by atoms with Crippen LogP contribution < -0.4 is 0 Å². The zero-order valence-corrected chi connectivity index (χ0v) is 8.78. The summed E-state index contributed by atoms with van der Waals surface area (Å²) < 4.78 is 4.67. The molecule has 0 aliphatic heterocycles. The topological polar surface area (TPSA) is 39.2 Å². The Morgan fingerprint density at radius 3 is 2.93 bits per heavy atom. The second-order valence-electron chi connectivity index (χ2n) is 2.99. The van der Waals surface area contributed by atoms with Crippen LogP contribution in [0.5, 0.6) is 0 Å². The highest BCUT2D eigenvalue weighted by molar-refractivity contribution is 6.35. The van der Waals surface area contributed by atoms with E-state index in [1.165, 1.54) is 7.11 Å². The number of carbonyl (C=O) groups excluding carboxylic acids is 1. The second kappa shape index (κ2) is 3.87. The minimum Gasteiger partial charge on any atom is -0.465 e. The largest absolute Gasteiger partial charge is 0.465 e. The maximum Gasteiger partial charge on any atom is 0.338 e. The van der Waals surface area contributed by atoms with Crippen molar-refractivity contribution in [2.75, 3.05) is 7.11 Å². The van der Waals surface area contributed by atoms with Crippen molar-refractivity contribution < 1.29 is 9.53 Å². The minimum atomic E-state index is -0.385. The lowest BCUT2D eigenvalue weighted by Crippen LogP contribution is -2.02. The van der Waals surface area contributed by atoms with E-state index in [0.29, 0.717) is 21.5 Å². The molecule has 0 fully saturated rings. The Bertz CT molecular complexity index is 525. The van der Waals surface area contributed by atoms with Crippen molar-refractivity contribution in [3.8, 4) is 0 Å². The number of rotatable bonds is 1. The Balaban J connectivity index is 2.77. The molecule has 0 atom stereocenters. The number of ether oxygens (including phenoxy) is 1. The SMILES string of the molecule is COC(=O)c1ccc(Cl)c2ncccc12. The third-order valence-electron chi connectivity index (χ3n) is 2.13. The molecule has 0 saturated carbocycles. The van der Waals surface area contributed by atoms with Crippen molar-refractivity contribution in [3.05, 3.63) is 41.0 Å². The number of hydrogen-bond acceptors (Lipinski definition) is 3. The molecule has 0 N–H and O–H groups in total. The van der Waals surface area contributed by atoms with E-state index in [0.717, 1.165) is 0 Å². The highest BCUT2D eigenvalue weighted by Gasteiger charge is 2.11. The lowest BCUT2D eigenvalue weighted by molar-refractivity contribution is 0.0603. The molecule has 2 aromatic rings. The van der Waals surface area contributed by atoms with Gasteiger partial charge in [0.1, 0.15) is 0 Å². The molecule has 0 unspecified atom stereocenters. The lowest BCUT2D eigenvalue weighted by atomic mass is 10.1. The number of methoxy groups -OCH3 is 1. The zero-order chi connectivity index (χ0) is 10.8. The maximum absolute atomic E-state index is 11.4. The normalized spacial score (nSPS) is 10.3. The van der Waals surface area contributed by atoms with Crippen molar-refractivity contribution in [1.82, 2.24) is 4.98 Å². The van der Waals surface area contributed by atoms with Crippen LogP contribution in [0.2, 0.25) is 5.02 Å². The van der Waals surface area contributed by atoms with E-state index < -0.39 is 0 Å². The molecule has 0 saturated heterocycles. The fraction of sp³-hybridized carbons (Fsp3) is 0.0909. The molecule has 2 rings (SSSR count). The molecular formula is C11H8ClNO2. The van der Waals surface area contributed by atoms with Crippen molar-refractivity contribution in [2.45, 2.75) is 0 Å². The summed E-state index contributed by atoms with van der Waals surface area (Å²) in [5.41, 5.74) is 1.09. The summed E-state index contributed by atoms with van der Waals surface area (Å²) in [6.45, 7) is 0. The van der Waals surface area contributed by atoms with Crippen LogP contribution in [0.4, 0.5) is 0 Å². The van der Waals surface area contributed by atoms with E-state index >= 15 is 0 Å². The molecule has 0 aliphatic carbocycles. The van der Waals surface area contributed by atoms with Gasteiger partial charge in [-0.2, -0.15) is 0 Å². The number of benzene rings is 1. The molecule has 15 heavy (non-hydrogen) atoms. The van der Waals surface area contributed by atoms with Crippen LogP contribution in [-0.2, 0) is 4.74 Å². The van der Waals surface area contributed by atoms with E-state index in [-0.39, 0.29) is 5.97 Å². The third kappa shape index (κ3) is 1.66. The van der Waals surface area contributed by atoms with Gasteiger partial charge in [-0.3, -0.25) is 4.98 Å². The average molecular weight is 222 g/mol. The number of aromatic nitrogens is 1. The number of fused-ring (bicyclic) bond motifs is 1.